The average molecular weight is 270 g/mol. The molecule has 20 heavy (non-hydrogen) atoms. The Morgan fingerprint density at radius 1 is 1.25 bits per heavy atom. The number of nitrogen functional groups attached to an aromatic ring is 1. The SMILES string of the molecule is Nc1ccc(F)c(NC(=O)c2ccc3nc[nH]c3c2)c1. The van der Waals surface area contributed by atoms with E-state index < -0.39 is 11.7 Å². The number of aromatic nitrogens is 2. The number of H-pyrrole nitrogens is 1. The Labute approximate surface area is 113 Å². The number of nitrogens with zero attached hydrogens (tertiary/aromatic N) is 1. The van der Waals surface area contributed by atoms with Gasteiger partial charge in [-0.3, -0.25) is 4.79 Å². The predicted molar refractivity (Wildman–Crippen MR) is 74.9 cm³/mol. The van der Waals surface area contributed by atoms with Crippen molar-refractivity contribution in [2.75, 3.05) is 11.1 Å². The molecular weight excluding hydrogens is 259 g/mol. The third-order valence-electron chi connectivity index (χ3n) is 2.92. The molecule has 0 aliphatic rings. The van der Waals surface area contributed by atoms with Crippen LogP contribution in [0.2, 0.25) is 0 Å². The normalized spacial score (nSPS) is 10.7. The van der Waals surface area contributed by atoms with Gasteiger partial charge in [0.1, 0.15) is 5.82 Å². The Kier molecular flexibility index (Phi) is 2.83. The van der Waals surface area contributed by atoms with E-state index in [1.54, 1.807) is 24.5 Å². The minimum Gasteiger partial charge on any atom is -0.399 e. The number of aromatic amines is 1. The van der Waals surface area contributed by atoms with Crippen molar-refractivity contribution in [1.29, 1.82) is 0 Å². The summed E-state index contributed by atoms with van der Waals surface area (Å²) >= 11 is 0. The fourth-order valence-electron chi connectivity index (χ4n) is 1.91. The smallest absolute Gasteiger partial charge is 0.255 e. The first kappa shape index (κ1) is 12.2. The zero-order valence-corrected chi connectivity index (χ0v) is 10.4. The van der Waals surface area contributed by atoms with E-state index in [0.717, 1.165) is 11.0 Å². The van der Waals surface area contributed by atoms with Gasteiger partial charge in [0.25, 0.3) is 5.91 Å². The molecule has 0 saturated carbocycles. The summed E-state index contributed by atoms with van der Waals surface area (Å²) in [5.41, 5.74) is 7.92. The number of fused-ring (bicyclic) bond motifs is 1. The number of hydrogen-bond acceptors (Lipinski definition) is 3. The van der Waals surface area contributed by atoms with Gasteiger partial charge in [0.05, 0.1) is 23.0 Å². The Morgan fingerprint density at radius 2 is 2.10 bits per heavy atom. The third kappa shape index (κ3) is 2.18. The van der Waals surface area contributed by atoms with Crippen LogP contribution in [-0.2, 0) is 0 Å². The summed E-state index contributed by atoms with van der Waals surface area (Å²) in [6, 6.07) is 9.02. The van der Waals surface area contributed by atoms with Gasteiger partial charge < -0.3 is 16.0 Å². The minimum atomic E-state index is -0.532. The average Bonchev–Trinajstić information content (AvgIpc) is 2.90. The highest BCUT2D eigenvalue weighted by Gasteiger charge is 2.10. The van der Waals surface area contributed by atoms with Crippen LogP contribution in [-0.4, -0.2) is 15.9 Å². The van der Waals surface area contributed by atoms with Crippen LogP contribution >= 0.6 is 0 Å². The molecule has 0 aliphatic carbocycles. The maximum Gasteiger partial charge on any atom is 0.255 e. The fourth-order valence-corrected chi connectivity index (χ4v) is 1.91. The first-order valence-corrected chi connectivity index (χ1v) is 5.93. The van der Waals surface area contributed by atoms with Crippen LogP contribution < -0.4 is 11.1 Å². The van der Waals surface area contributed by atoms with Gasteiger partial charge in [0, 0.05) is 11.3 Å². The van der Waals surface area contributed by atoms with Gasteiger partial charge in [0.2, 0.25) is 0 Å². The molecule has 3 aromatic rings. The van der Waals surface area contributed by atoms with Crippen LogP contribution in [0, 0.1) is 5.82 Å². The van der Waals surface area contributed by atoms with Crippen LogP contribution in [0.1, 0.15) is 10.4 Å². The Morgan fingerprint density at radius 3 is 2.95 bits per heavy atom. The molecule has 0 bridgehead atoms. The zero-order valence-electron chi connectivity index (χ0n) is 10.4. The van der Waals surface area contributed by atoms with Crippen LogP contribution in [0.3, 0.4) is 0 Å². The van der Waals surface area contributed by atoms with E-state index in [2.05, 4.69) is 15.3 Å². The van der Waals surface area contributed by atoms with Crippen molar-refractivity contribution in [3.8, 4) is 0 Å². The van der Waals surface area contributed by atoms with E-state index in [9.17, 15) is 9.18 Å². The number of nitrogens with one attached hydrogen (secondary N) is 2. The van der Waals surface area contributed by atoms with Crippen molar-refractivity contribution in [2.45, 2.75) is 0 Å². The molecule has 4 N–H and O–H groups in total. The van der Waals surface area contributed by atoms with Gasteiger partial charge in [-0.25, -0.2) is 9.37 Å². The monoisotopic (exact) mass is 270 g/mol. The summed E-state index contributed by atoms with van der Waals surface area (Å²) in [6.45, 7) is 0. The fraction of sp³-hybridized carbons (Fsp3) is 0. The molecule has 0 fully saturated rings. The number of imidazole rings is 1. The van der Waals surface area contributed by atoms with Crippen LogP contribution in [0.4, 0.5) is 15.8 Å². The topological polar surface area (TPSA) is 83.8 Å². The standard InChI is InChI=1S/C14H11FN4O/c15-10-3-2-9(16)6-12(10)19-14(20)8-1-4-11-13(5-8)18-7-17-11/h1-7H,16H2,(H,17,18)(H,19,20). The number of nitrogens with two attached hydrogens (primary N) is 1. The Balaban J connectivity index is 1.90. The van der Waals surface area contributed by atoms with Gasteiger partial charge in [-0.15, -0.1) is 0 Å². The zero-order chi connectivity index (χ0) is 14.1. The first-order chi connectivity index (χ1) is 9.63. The summed E-state index contributed by atoms with van der Waals surface area (Å²) in [5, 5.41) is 2.50. The van der Waals surface area contributed by atoms with Gasteiger partial charge >= 0.3 is 0 Å². The summed E-state index contributed by atoms with van der Waals surface area (Å²) in [4.78, 5) is 19.1. The summed E-state index contributed by atoms with van der Waals surface area (Å²) in [5.74, 6) is -0.943. The molecule has 5 nitrogen and oxygen atoms in total. The van der Waals surface area contributed by atoms with E-state index >= 15 is 0 Å². The molecule has 0 aliphatic heterocycles. The number of anilines is 2. The van der Waals surface area contributed by atoms with Crippen molar-refractivity contribution in [3.63, 3.8) is 0 Å². The summed E-state index contributed by atoms with van der Waals surface area (Å²) in [6.07, 6.45) is 1.55. The number of benzene rings is 2. The van der Waals surface area contributed by atoms with Gasteiger partial charge in [-0.2, -0.15) is 0 Å². The molecule has 1 heterocycles. The number of carbonyl (C=O) groups excluding carboxylic acids is 1. The number of hydrogen-bond donors (Lipinski definition) is 3. The highest BCUT2D eigenvalue weighted by molar-refractivity contribution is 6.06. The molecule has 6 heteroatoms. The lowest BCUT2D eigenvalue weighted by Gasteiger charge is -2.07. The molecular formula is C14H11FN4O. The van der Waals surface area contributed by atoms with E-state index in [4.69, 9.17) is 5.73 Å². The Hall–Kier alpha value is -2.89. The minimum absolute atomic E-state index is 0.0553. The molecule has 0 unspecified atom stereocenters. The first-order valence-electron chi connectivity index (χ1n) is 5.93. The van der Waals surface area contributed by atoms with Crippen molar-refractivity contribution < 1.29 is 9.18 Å². The van der Waals surface area contributed by atoms with Gasteiger partial charge in [-0.05, 0) is 36.4 Å². The van der Waals surface area contributed by atoms with E-state index in [1.807, 2.05) is 0 Å². The quantitative estimate of drug-likeness (QED) is 0.626. The van der Waals surface area contributed by atoms with E-state index in [0.29, 0.717) is 11.3 Å². The molecule has 0 atom stereocenters. The molecule has 3 rings (SSSR count). The number of rotatable bonds is 2. The van der Waals surface area contributed by atoms with Crippen LogP contribution in [0.5, 0.6) is 0 Å². The molecule has 1 amide bonds. The lowest BCUT2D eigenvalue weighted by molar-refractivity contribution is 0.102. The lowest BCUT2D eigenvalue weighted by Crippen LogP contribution is -2.13. The molecule has 1 aromatic heterocycles. The number of carbonyl (C=O) groups is 1. The van der Waals surface area contributed by atoms with E-state index in [1.165, 1.54) is 18.2 Å². The van der Waals surface area contributed by atoms with Crippen molar-refractivity contribution in [2.24, 2.45) is 0 Å². The summed E-state index contributed by atoms with van der Waals surface area (Å²) in [7, 11) is 0. The second kappa shape index (κ2) is 4.65. The number of halogens is 1. The lowest BCUT2D eigenvalue weighted by atomic mass is 10.2. The maximum absolute atomic E-state index is 13.6. The third-order valence-corrected chi connectivity index (χ3v) is 2.92. The van der Waals surface area contributed by atoms with Gasteiger partial charge in [-0.1, -0.05) is 0 Å². The predicted octanol–water partition coefficient (Wildman–Crippen LogP) is 2.54. The molecule has 100 valence electrons. The molecule has 2 aromatic carbocycles. The summed E-state index contributed by atoms with van der Waals surface area (Å²) < 4.78 is 13.6. The van der Waals surface area contributed by atoms with Crippen molar-refractivity contribution >= 4 is 28.3 Å². The highest BCUT2D eigenvalue weighted by Crippen LogP contribution is 2.19. The molecule has 0 saturated heterocycles. The second-order valence-corrected chi connectivity index (χ2v) is 4.33. The highest BCUT2D eigenvalue weighted by atomic mass is 19.1. The van der Waals surface area contributed by atoms with Crippen molar-refractivity contribution in [1.82, 2.24) is 9.97 Å². The van der Waals surface area contributed by atoms with Crippen LogP contribution in [0.15, 0.2) is 42.7 Å². The van der Waals surface area contributed by atoms with Crippen LogP contribution in [0.25, 0.3) is 11.0 Å². The second-order valence-electron chi connectivity index (χ2n) is 4.33. The molecule has 0 radical (unpaired) electrons. The molecule has 0 spiro atoms. The van der Waals surface area contributed by atoms with Gasteiger partial charge in [0.15, 0.2) is 0 Å². The number of amides is 1. The largest absolute Gasteiger partial charge is 0.399 e. The Bertz CT molecular complexity index is 797. The van der Waals surface area contributed by atoms with E-state index in [-0.39, 0.29) is 5.69 Å². The maximum atomic E-state index is 13.6. The van der Waals surface area contributed by atoms with Crippen molar-refractivity contribution in [3.05, 3.63) is 54.1 Å².